The maximum absolute atomic E-state index is 12.8. The molecule has 1 fully saturated rings. The van der Waals surface area contributed by atoms with Crippen molar-refractivity contribution in [1.29, 1.82) is 0 Å². The molecular weight excluding hydrogens is 422 g/mol. The Balaban J connectivity index is 1.33. The number of pyridine rings is 1. The molecule has 0 atom stereocenters. The second-order valence-electron chi connectivity index (χ2n) is 8.33. The first-order valence-corrected chi connectivity index (χ1v) is 12.4. The summed E-state index contributed by atoms with van der Waals surface area (Å²) in [5.41, 5.74) is 6.24. The first-order valence-electron chi connectivity index (χ1n) is 10.5. The van der Waals surface area contributed by atoms with Gasteiger partial charge in [-0.2, -0.15) is 0 Å². The minimum atomic E-state index is -3.22. The van der Waals surface area contributed by atoms with Crippen LogP contribution in [0.5, 0.6) is 0 Å². The Kier molecular flexibility index (Phi) is 4.86. The van der Waals surface area contributed by atoms with Gasteiger partial charge in [0.1, 0.15) is 5.65 Å². The smallest absolute Gasteiger partial charge is 0.255 e. The van der Waals surface area contributed by atoms with Crippen molar-refractivity contribution in [2.24, 2.45) is 0 Å². The van der Waals surface area contributed by atoms with Gasteiger partial charge in [-0.15, -0.1) is 0 Å². The molecule has 6 nitrogen and oxygen atoms in total. The molecule has 1 aliphatic carbocycles. The number of carbonyl (C=O) groups excluding carboxylic acids is 1. The van der Waals surface area contributed by atoms with Crippen LogP contribution in [0, 0.1) is 6.92 Å². The molecule has 2 aromatic heterocycles. The average molecular weight is 446 g/mol. The van der Waals surface area contributed by atoms with Crippen molar-refractivity contribution in [3.63, 3.8) is 0 Å². The monoisotopic (exact) mass is 445 g/mol. The van der Waals surface area contributed by atoms with E-state index in [1.807, 2.05) is 34.9 Å². The molecule has 162 valence electrons. The quantitative estimate of drug-likeness (QED) is 0.477. The highest BCUT2D eigenvalue weighted by atomic mass is 32.2. The summed E-state index contributed by atoms with van der Waals surface area (Å²) in [5.74, 6) is 0.387. The van der Waals surface area contributed by atoms with E-state index in [2.05, 4.69) is 12.2 Å². The van der Waals surface area contributed by atoms with Crippen molar-refractivity contribution in [3.05, 3.63) is 83.8 Å². The summed E-state index contributed by atoms with van der Waals surface area (Å²) < 4.78 is 25.3. The van der Waals surface area contributed by atoms with E-state index >= 15 is 0 Å². The summed E-state index contributed by atoms with van der Waals surface area (Å²) in [4.78, 5) is 17.8. The van der Waals surface area contributed by atoms with E-state index in [1.165, 1.54) is 19.1 Å². The van der Waals surface area contributed by atoms with Gasteiger partial charge in [-0.1, -0.05) is 24.3 Å². The Morgan fingerprint density at radius 2 is 1.59 bits per heavy atom. The summed E-state index contributed by atoms with van der Waals surface area (Å²) >= 11 is 0. The number of nitrogens with one attached hydrogen (secondary N) is 1. The molecule has 1 aliphatic rings. The van der Waals surface area contributed by atoms with Crippen LogP contribution < -0.4 is 5.32 Å². The number of imidazole rings is 1. The van der Waals surface area contributed by atoms with Crippen molar-refractivity contribution in [2.75, 3.05) is 11.6 Å². The second kappa shape index (κ2) is 7.60. The van der Waals surface area contributed by atoms with E-state index in [9.17, 15) is 13.2 Å². The third kappa shape index (κ3) is 3.91. The van der Waals surface area contributed by atoms with Crippen LogP contribution in [0.2, 0.25) is 0 Å². The predicted molar refractivity (Wildman–Crippen MR) is 125 cm³/mol. The molecule has 2 heterocycles. The number of nitrogens with zero attached hydrogens (tertiary/aromatic N) is 2. The lowest BCUT2D eigenvalue weighted by molar-refractivity contribution is 0.102. The number of hydrogen-bond donors (Lipinski definition) is 1. The van der Waals surface area contributed by atoms with E-state index in [-0.39, 0.29) is 10.8 Å². The summed E-state index contributed by atoms with van der Waals surface area (Å²) in [6.07, 6.45) is 5.50. The summed E-state index contributed by atoms with van der Waals surface area (Å²) in [7, 11) is -3.22. The van der Waals surface area contributed by atoms with Crippen LogP contribution in [0.4, 0.5) is 5.69 Å². The Labute approximate surface area is 186 Å². The van der Waals surface area contributed by atoms with Crippen LogP contribution in [0.1, 0.15) is 40.5 Å². The Morgan fingerprint density at radius 3 is 2.19 bits per heavy atom. The lowest BCUT2D eigenvalue weighted by Crippen LogP contribution is -2.12. The molecule has 0 bridgehead atoms. The van der Waals surface area contributed by atoms with Gasteiger partial charge in [0, 0.05) is 29.6 Å². The number of aromatic nitrogens is 2. The van der Waals surface area contributed by atoms with E-state index in [4.69, 9.17) is 4.98 Å². The molecule has 0 saturated heterocycles. The number of amides is 1. The first kappa shape index (κ1) is 20.5. The van der Waals surface area contributed by atoms with Gasteiger partial charge in [0.2, 0.25) is 0 Å². The second-order valence-corrected chi connectivity index (χ2v) is 10.3. The topological polar surface area (TPSA) is 80.5 Å². The largest absolute Gasteiger partial charge is 0.321 e. The van der Waals surface area contributed by atoms with Gasteiger partial charge in [0.25, 0.3) is 5.91 Å². The van der Waals surface area contributed by atoms with Crippen LogP contribution in [-0.2, 0) is 9.84 Å². The van der Waals surface area contributed by atoms with E-state index in [0.29, 0.717) is 17.2 Å². The van der Waals surface area contributed by atoms with E-state index < -0.39 is 9.84 Å². The van der Waals surface area contributed by atoms with Crippen molar-refractivity contribution < 1.29 is 13.2 Å². The van der Waals surface area contributed by atoms with E-state index in [1.54, 1.807) is 36.4 Å². The average Bonchev–Trinajstić information content (AvgIpc) is 3.57. The summed E-state index contributed by atoms with van der Waals surface area (Å²) in [5, 5.41) is 2.96. The molecule has 32 heavy (non-hydrogen) atoms. The zero-order valence-electron chi connectivity index (χ0n) is 17.9. The molecule has 0 radical (unpaired) electrons. The maximum atomic E-state index is 12.8. The number of hydrogen-bond acceptors (Lipinski definition) is 4. The molecule has 0 aliphatic heterocycles. The Bertz CT molecular complexity index is 1430. The highest BCUT2D eigenvalue weighted by Gasteiger charge is 2.28. The minimum absolute atomic E-state index is 0.191. The van der Waals surface area contributed by atoms with Gasteiger partial charge in [-0.25, -0.2) is 13.4 Å². The zero-order valence-corrected chi connectivity index (χ0v) is 18.7. The molecule has 0 spiro atoms. The van der Waals surface area contributed by atoms with Gasteiger partial charge in [0.05, 0.1) is 16.3 Å². The SMILES string of the molecule is Cc1c(C2CC2)nc2ccc(NC(=O)c3ccc(-c4ccc(S(C)(=O)=O)cc4)cc3)cn12. The molecule has 5 rings (SSSR count). The van der Waals surface area contributed by atoms with Crippen molar-refractivity contribution in [3.8, 4) is 11.1 Å². The number of carbonyl (C=O) groups is 1. The highest BCUT2D eigenvalue weighted by molar-refractivity contribution is 7.90. The molecule has 1 amide bonds. The van der Waals surface area contributed by atoms with Crippen molar-refractivity contribution >= 4 is 27.1 Å². The predicted octanol–water partition coefficient (Wildman–Crippen LogP) is 4.84. The molecule has 2 aromatic carbocycles. The fourth-order valence-corrected chi connectivity index (χ4v) is 4.54. The Morgan fingerprint density at radius 1 is 0.969 bits per heavy atom. The number of fused-ring (bicyclic) bond motifs is 1. The van der Waals surface area contributed by atoms with Crippen LogP contribution in [0.3, 0.4) is 0 Å². The molecular formula is C25H23N3O3S. The van der Waals surface area contributed by atoms with E-state index in [0.717, 1.165) is 28.2 Å². The minimum Gasteiger partial charge on any atom is -0.321 e. The van der Waals surface area contributed by atoms with Crippen LogP contribution in [0.15, 0.2) is 71.8 Å². The molecule has 7 heteroatoms. The number of aryl methyl sites for hydroxylation is 1. The van der Waals surface area contributed by atoms with Crippen LogP contribution in [-0.4, -0.2) is 30.0 Å². The van der Waals surface area contributed by atoms with Gasteiger partial charge in [-0.3, -0.25) is 4.79 Å². The normalized spacial score (nSPS) is 13.9. The molecule has 0 unspecified atom stereocenters. The number of anilines is 1. The van der Waals surface area contributed by atoms with Crippen LogP contribution >= 0.6 is 0 Å². The molecule has 4 aromatic rings. The zero-order chi connectivity index (χ0) is 22.5. The fourth-order valence-electron chi connectivity index (χ4n) is 3.91. The highest BCUT2D eigenvalue weighted by Crippen LogP contribution is 2.41. The standard InChI is InChI=1S/C25H23N3O3S/c1-16-24(19-5-6-19)27-23-14-11-21(15-28(16)23)26-25(29)20-7-3-17(4-8-20)18-9-12-22(13-10-18)32(2,30)31/h3-4,7-15,19H,5-6H2,1-2H3,(H,26,29). The lowest BCUT2D eigenvalue weighted by atomic mass is 10.0. The van der Waals surface area contributed by atoms with Gasteiger partial charge >= 0.3 is 0 Å². The van der Waals surface area contributed by atoms with Crippen molar-refractivity contribution in [2.45, 2.75) is 30.6 Å². The number of rotatable bonds is 5. The third-order valence-electron chi connectivity index (χ3n) is 5.88. The number of sulfone groups is 1. The number of benzene rings is 2. The lowest BCUT2D eigenvalue weighted by Gasteiger charge is -2.08. The summed E-state index contributed by atoms with van der Waals surface area (Å²) in [6, 6.07) is 17.8. The van der Waals surface area contributed by atoms with Gasteiger partial charge < -0.3 is 9.72 Å². The first-order chi connectivity index (χ1) is 15.3. The van der Waals surface area contributed by atoms with Gasteiger partial charge in [0.15, 0.2) is 9.84 Å². The molecule has 1 N–H and O–H groups in total. The van der Waals surface area contributed by atoms with Crippen molar-refractivity contribution in [1.82, 2.24) is 9.38 Å². The maximum Gasteiger partial charge on any atom is 0.255 e. The molecule has 1 saturated carbocycles. The Hall–Kier alpha value is -3.45. The fraction of sp³-hybridized carbons (Fsp3) is 0.200. The summed E-state index contributed by atoms with van der Waals surface area (Å²) in [6.45, 7) is 2.07. The third-order valence-corrected chi connectivity index (χ3v) is 7.01. The van der Waals surface area contributed by atoms with Gasteiger partial charge in [-0.05, 0) is 67.3 Å². The van der Waals surface area contributed by atoms with Crippen LogP contribution in [0.25, 0.3) is 16.8 Å².